The fraction of sp³-hybridized carbons (Fsp3) is 0.360. The fourth-order valence-electron chi connectivity index (χ4n) is 2.88. The number of fused-ring (bicyclic) bond motifs is 1. The zero-order chi connectivity index (χ0) is 21.5. The van der Waals surface area contributed by atoms with Crippen LogP contribution in [0.15, 0.2) is 54.6 Å². The first kappa shape index (κ1) is 27.2. The molecule has 0 heterocycles. The Morgan fingerprint density at radius 1 is 0.571 bits per heavy atom. The molecule has 0 saturated carbocycles. The third-order valence-electron chi connectivity index (χ3n) is 4.18. The monoisotopic (exact) mass is 432 g/mol. The van der Waals surface area contributed by atoms with Gasteiger partial charge < -0.3 is 0 Å². The fourth-order valence-corrected chi connectivity index (χ4v) is 4.02. The highest BCUT2D eigenvalue weighted by atomic mass is 31.0. The van der Waals surface area contributed by atoms with Crippen molar-refractivity contribution >= 4 is 38.5 Å². The minimum atomic E-state index is 1.00. The third kappa shape index (κ3) is 7.23. The molecule has 3 unspecified atom stereocenters. The summed E-state index contributed by atoms with van der Waals surface area (Å²) in [6, 6.07) is 20.2. The van der Waals surface area contributed by atoms with Gasteiger partial charge >= 0.3 is 0 Å². The Morgan fingerprint density at radius 2 is 1.14 bits per heavy atom. The molecule has 0 aliphatic heterocycles. The highest BCUT2D eigenvalue weighted by molar-refractivity contribution is 7.16. The van der Waals surface area contributed by atoms with Crippen LogP contribution in [-0.4, -0.2) is 0 Å². The Balaban J connectivity index is 0.00000111. The molecule has 3 rings (SSSR count). The Bertz CT molecular complexity index is 793. The topological polar surface area (TPSA) is 0 Å². The number of hydrogen-bond donors (Lipinski definition) is 0. The summed E-state index contributed by atoms with van der Waals surface area (Å²) in [6.07, 6.45) is 3.02. The molecule has 0 spiro atoms. The van der Waals surface area contributed by atoms with Crippen LogP contribution in [0.4, 0.5) is 0 Å². The maximum atomic E-state index is 2.86. The van der Waals surface area contributed by atoms with Crippen molar-refractivity contribution in [2.45, 2.75) is 60.0 Å². The van der Waals surface area contributed by atoms with E-state index in [1.165, 1.54) is 38.6 Å². The summed E-state index contributed by atoms with van der Waals surface area (Å²) in [7, 11) is 8.47. The van der Waals surface area contributed by atoms with E-state index in [-0.39, 0.29) is 0 Å². The smallest absolute Gasteiger partial charge is 0.0119 e. The predicted molar refractivity (Wildman–Crippen MR) is 144 cm³/mol. The minimum Gasteiger partial charge on any atom is -0.133 e. The third-order valence-corrected chi connectivity index (χ3v) is 5.49. The number of benzene rings is 3. The van der Waals surface area contributed by atoms with E-state index in [2.05, 4.69) is 82.3 Å². The van der Waals surface area contributed by atoms with E-state index in [9.17, 15) is 0 Å². The predicted octanol–water partition coefficient (Wildman–Crippen LogP) is 8.71. The van der Waals surface area contributed by atoms with Crippen molar-refractivity contribution in [2.75, 3.05) is 0 Å². The SMILES string of the molecule is CC.CC.CC.PCc1ccc(-c2ccc3c(CP)c(CP)ccc3c2)cc1. The van der Waals surface area contributed by atoms with Gasteiger partial charge in [-0.2, -0.15) is 0 Å². The molecule has 3 aromatic carbocycles. The zero-order valence-corrected chi connectivity index (χ0v) is 22.0. The van der Waals surface area contributed by atoms with Crippen molar-refractivity contribution in [3.63, 3.8) is 0 Å². The van der Waals surface area contributed by atoms with Gasteiger partial charge in [-0.05, 0) is 63.1 Å². The van der Waals surface area contributed by atoms with Gasteiger partial charge in [-0.1, -0.05) is 90.1 Å². The molecule has 0 amide bonds. The van der Waals surface area contributed by atoms with Crippen molar-refractivity contribution < 1.29 is 0 Å². The summed E-state index contributed by atoms with van der Waals surface area (Å²) in [4.78, 5) is 0. The van der Waals surface area contributed by atoms with Gasteiger partial charge in [-0.15, -0.1) is 27.7 Å². The van der Waals surface area contributed by atoms with Gasteiger partial charge in [0.2, 0.25) is 0 Å². The van der Waals surface area contributed by atoms with Crippen LogP contribution >= 0.6 is 27.7 Å². The minimum absolute atomic E-state index is 1.00. The lowest BCUT2D eigenvalue weighted by Crippen LogP contribution is -1.90. The molecular formula is C25H39P3. The van der Waals surface area contributed by atoms with E-state index in [4.69, 9.17) is 0 Å². The molecule has 0 bridgehead atoms. The number of hydrogen-bond acceptors (Lipinski definition) is 0. The second-order valence-electron chi connectivity index (χ2n) is 5.45. The average Bonchev–Trinajstić information content (AvgIpc) is 2.81. The quantitative estimate of drug-likeness (QED) is 0.362. The van der Waals surface area contributed by atoms with Crippen LogP contribution in [0.3, 0.4) is 0 Å². The average molecular weight is 433 g/mol. The van der Waals surface area contributed by atoms with E-state index in [1.54, 1.807) is 0 Å². The maximum absolute atomic E-state index is 2.86. The lowest BCUT2D eigenvalue weighted by atomic mass is 9.96. The van der Waals surface area contributed by atoms with Crippen molar-refractivity contribution in [2.24, 2.45) is 0 Å². The van der Waals surface area contributed by atoms with Gasteiger partial charge in [-0.25, -0.2) is 0 Å². The van der Waals surface area contributed by atoms with Crippen LogP contribution in [0.1, 0.15) is 58.2 Å². The summed E-state index contributed by atoms with van der Waals surface area (Å²) < 4.78 is 0. The molecular weight excluding hydrogens is 393 g/mol. The van der Waals surface area contributed by atoms with Crippen LogP contribution in [0.5, 0.6) is 0 Å². The Labute approximate surface area is 180 Å². The molecule has 0 aromatic heterocycles. The summed E-state index contributed by atoms with van der Waals surface area (Å²) in [5.41, 5.74) is 6.79. The summed E-state index contributed by atoms with van der Waals surface area (Å²) in [5.74, 6) is 0. The molecule has 0 fully saturated rings. The molecule has 0 nitrogen and oxygen atoms in total. The summed E-state index contributed by atoms with van der Waals surface area (Å²) in [5, 5.41) is 2.70. The molecule has 0 N–H and O–H groups in total. The molecule has 3 aromatic rings. The first-order valence-corrected chi connectivity index (χ1v) is 13.0. The largest absolute Gasteiger partial charge is 0.133 e. The molecule has 28 heavy (non-hydrogen) atoms. The van der Waals surface area contributed by atoms with Gasteiger partial charge in [0, 0.05) is 0 Å². The van der Waals surface area contributed by atoms with Crippen molar-refractivity contribution in [1.29, 1.82) is 0 Å². The molecule has 0 saturated heterocycles. The summed E-state index contributed by atoms with van der Waals surface area (Å²) >= 11 is 0. The first-order chi connectivity index (χ1) is 13.8. The van der Waals surface area contributed by atoms with Gasteiger partial charge in [0.1, 0.15) is 0 Å². The second-order valence-corrected chi connectivity index (χ2v) is 6.67. The van der Waals surface area contributed by atoms with E-state index < -0.39 is 0 Å². The Kier molecular flexibility index (Phi) is 15.6. The van der Waals surface area contributed by atoms with Crippen molar-refractivity contribution in [1.82, 2.24) is 0 Å². The van der Waals surface area contributed by atoms with Crippen molar-refractivity contribution in [3.8, 4) is 11.1 Å². The lowest BCUT2D eigenvalue weighted by Gasteiger charge is -2.12. The van der Waals surface area contributed by atoms with Gasteiger partial charge in [0.05, 0.1) is 0 Å². The van der Waals surface area contributed by atoms with Gasteiger partial charge in [0.25, 0.3) is 0 Å². The standard InChI is InChI=1S/C19H21P3.3C2H6/c20-10-13-1-3-14(4-2-13)15-7-8-18-16(9-15)5-6-17(11-21)19(18)12-22;3*1-2/h1-9H,10-12,20-22H2;3*1-2H3. The van der Waals surface area contributed by atoms with Crippen LogP contribution in [0.2, 0.25) is 0 Å². The van der Waals surface area contributed by atoms with Crippen LogP contribution in [0, 0.1) is 0 Å². The van der Waals surface area contributed by atoms with E-state index in [1.807, 2.05) is 41.5 Å². The van der Waals surface area contributed by atoms with E-state index in [0.29, 0.717) is 0 Å². The molecule has 3 atom stereocenters. The molecule has 0 aliphatic carbocycles. The van der Waals surface area contributed by atoms with E-state index in [0.717, 1.165) is 18.5 Å². The zero-order valence-electron chi connectivity index (χ0n) is 18.5. The highest BCUT2D eigenvalue weighted by Crippen LogP contribution is 2.30. The normalized spacial score (nSPS) is 9.32. The van der Waals surface area contributed by atoms with Crippen LogP contribution in [0.25, 0.3) is 21.9 Å². The van der Waals surface area contributed by atoms with Crippen molar-refractivity contribution in [3.05, 3.63) is 71.3 Å². The van der Waals surface area contributed by atoms with Crippen LogP contribution in [-0.2, 0) is 18.5 Å². The molecule has 154 valence electrons. The Morgan fingerprint density at radius 3 is 1.64 bits per heavy atom. The van der Waals surface area contributed by atoms with E-state index >= 15 is 0 Å². The molecule has 3 heteroatoms. The molecule has 0 aliphatic rings. The second kappa shape index (κ2) is 16.1. The Hall–Kier alpha value is -0.790. The lowest BCUT2D eigenvalue weighted by molar-refractivity contribution is 1.32. The van der Waals surface area contributed by atoms with Gasteiger partial charge in [0.15, 0.2) is 0 Å². The molecule has 0 radical (unpaired) electrons. The first-order valence-electron chi connectivity index (χ1n) is 10.5. The van der Waals surface area contributed by atoms with Gasteiger partial charge in [-0.3, -0.25) is 0 Å². The van der Waals surface area contributed by atoms with Crippen LogP contribution < -0.4 is 0 Å². The summed E-state index contributed by atoms with van der Waals surface area (Å²) in [6.45, 7) is 12.0. The highest BCUT2D eigenvalue weighted by Gasteiger charge is 2.06. The number of rotatable bonds is 4. The maximum Gasteiger partial charge on any atom is -0.0119 e.